The minimum Gasteiger partial charge on any atom is -0.406 e. The van der Waals surface area contributed by atoms with E-state index in [2.05, 4.69) is 30.6 Å². The molecule has 0 saturated carbocycles. The Bertz CT molecular complexity index is 917. The van der Waals surface area contributed by atoms with Crippen LogP contribution in [0.15, 0.2) is 41.3 Å². The number of hydrogen-bond donors (Lipinski definition) is 0. The molecule has 0 amide bonds. The Morgan fingerprint density at radius 2 is 1.60 bits per heavy atom. The van der Waals surface area contributed by atoms with Crippen LogP contribution in [-0.4, -0.2) is 20.7 Å². The Balaban J connectivity index is 2.02. The van der Waals surface area contributed by atoms with Crippen LogP contribution in [0.1, 0.15) is 5.82 Å². The Hall–Kier alpha value is -2.30. The molecule has 3 rings (SSSR count). The summed E-state index contributed by atoms with van der Waals surface area (Å²) >= 11 is 2.91. The number of rotatable bonds is 2. The maximum absolute atomic E-state index is 13.0. The van der Waals surface area contributed by atoms with E-state index >= 15 is 0 Å². The highest BCUT2D eigenvalue weighted by Gasteiger charge is 2.37. The van der Waals surface area contributed by atoms with Crippen molar-refractivity contribution in [2.45, 2.75) is 12.5 Å². The van der Waals surface area contributed by atoms with E-state index in [1.54, 1.807) is 0 Å². The third-order valence-electron chi connectivity index (χ3n) is 3.11. The highest BCUT2D eigenvalue weighted by molar-refractivity contribution is 9.10. The molecule has 0 aliphatic heterocycles. The van der Waals surface area contributed by atoms with Crippen molar-refractivity contribution in [1.29, 1.82) is 0 Å². The van der Waals surface area contributed by atoms with Crippen molar-refractivity contribution in [1.82, 2.24) is 14.4 Å². The molecule has 0 aliphatic carbocycles. The zero-order valence-corrected chi connectivity index (χ0v) is 13.4. The number of nitrogens with zero attached hydrogens (tertiary/aromatic N) is 3. The van der Waals surface area contributed by atoms with Crippen LogP contribution in [0.2, 0.25) is 0 Å². The molecule has 0 fully saturated rings. The summed E-state index contributed by atoms with van der Waals surface area (Å²) in [5.41, 5.74) is 0.594. The van der Waals surface area contributed by atoms with Crippen LogP contribution in [0, 0.1) is 0 Å². The number of imidazole rings is 1. The van der Waals surface area contributed by atoms with Crippen LogP contribution in [0.5, 0.6) is 5.75 Å². The van der Waals surface area contributed by atoms with Gasteiger partial charge in [0.2, 0.25) is 5.82 Å². The average Bonchev–Trinajstić information content (AvgIpc) is 2.83. The van der Waals surface area contributed by atoms with Crippen molar-refractivity contribution in [2.24, 2.45) is 0 Å². The zero-order chi connectivity index (χ0) is 18.4. The molecule has 0 spiro atoms. The summed E-state index contributed by atoms with van der Waals surface area (Å²) in [6, 6.07) is 4.68. The average molecular weight is 426 g/mol. The van der Waals surface area contributed by atoms with Gasteiger partial charge >= 0.3 is 12.5 Å². The van der Waals surface area contributed by atoms with E-state index in [9.17, 15) is 26.3 Å². The molecule has 2 aromatic heterocycles. The Labute approximate surface area is 144 Å². The van der Waals surface area contributed by atoms with Crippen LogP contribution < -0.4 is 4.74 Å². The van der Waals surface area contributed by atoms with Gasteiger partial charge in [0.05, 0.1) is 0 Å². The lowest BCUT2D eigenvalue weighted by Gasteiger charge is -2.10. The minimum absolute atomic E-state index is 0.0342. The maximum Gasteiger partial charge on any atom is 0.573 e. The molecule has 11 heteroatoms. The van der Waals surface area contributed by atoms with Gasteiger partial charge in [0.25, 0.3) is 0 Å². The van der Waals surface area contributed by atoms with Crippen molar-refractivity contribution in [3.63, 3.8) is 0 Å². The second-order valence-electron chi connectivity index (χ2n) is 4.83. The standard InChI is InChI=1S/C14H6BrF6N3O/c15-10-11-22-5-8(6-24(11)12(23-10)13(16,17)18)7-1-3-9(4-2-7)25-14(19,20)21/h1-6H. The SMILES string of the molecule is FC(F)(F)Oc1ccc(-c2cnc3c(Br)nc(C(F)(F)F)n3c2)cc1. The summed E-state index contributed by atoms with van der Waals surface area (Å²) in [6.07, 6.45) is -7.07. The fourth-order valence-electron chi connectivity index (χ4n) is 2.14. The predicted octanol–water partition coefficient (Wildman–Crippen LogP) is 5.08. The molecule has 1 aromatic carbocycles. The van der Waals surface area contributed by atoms with Crippen molar-refractivity contribution >= 4 is 21.6 Å². The number of aromatic nitrogens is 3. The van der Waals surface area contributed by atoms with Gasteiger partial charge in [-0.15, -0.1) is 13.2 Å². The topological polar surface area (TPSA) is 39.4 Å². The number of fused-ring (bicyclic) bond motifs is 1. The van der Waals surface area contributed by atoms with Gasteiger partial charge in [0.15, 0.2) is 10.3 Å². The number of halogens is 7. The van der Waals surface area contributed by atoms with Crippen LogP contribution in [0.3, 0.4) is 0 Å². The molecule has 0 aliphatic rings. The Kier molecular flexibility index (Phi) is 4.13. The minimum atomic E-state index is -4.83. The number of alkyl halides is 6. The smallest absolute Gasteiger partial charge is 0.406 e. The summed E-state index contributed by atoms with van der Waals surface area (Å²) in [5.74, 6) is -1.60. The van der Waals surface area contributed by atoms with Crippen molar-refractivity contribution in [3.05, 3.63) is 47.1 Å². The molecule has 0 unspecified atom stereocenters. The molecule has 0 radical (unpaired) electrons. The van der Waals surface area contributed by atoms with E-state index in [1.807, 2.05) is 0 Å². The van der Waals surface area contributed by atoms with Gasteiger partial charge < -0.3 is 4.74 Å². The van der Waals surface area contributed by atoms with Gasteiger partial charge in [-0.2, -0.15) is 13.2 Å². The van der Waals surface area contributed by atoms with Crippen molar-refractivity contribution in [2.75, 3.05) is 0 Å². The fourth-order valence-corrected chi connectivity index (χ4v) is 2.60. The first-order valence-electron chi connectivity index (χ1n) is 6.51. The van der Waals surface area contributed by atoms with E-state index in [4.69, 9.17) is 0 Å². The third kappa shape index (κ3) is 3.70. The lowest BCUT2D eigenvalue weighted by atomic mass is 10.1. The molecule has 0 atom stereocenters. The molecular weight excluding hydrogens is 420 g/mol. The van der Waals surface area contributed by atoms with E-state index in [0.29, 0.717) is 5.56 Å². The summed E-state index contributed by atoms with van der Waals surface area (Å²) in [4.78, 5) is 7.31. The molecule has 0 saturated heterocycles. The van der Waals surface area contributed by atoms with Gasteiger partial charge in [-0.25, -0.2) is 9.97 Å². The largest absolute Gasteiger partial charge is 0.573 e. The number of ether oxygens (including phenoxy) is 1. The van der Waals surface area contributed by atoms with Gasteiger partial charge in [0.1, 0.15) is 5.75 Å². The first-order chi connectivity index (χ1) is 11.5. The highest BCUT2D eigenvalue weighted by atomic mass is 79.9. The summed E-state index contributed by atoms with van der Waals surface area (Å²) in [5, 5.41) is 0. The van der Waals surface area contributed by atoms with E-state index in [0.717, 1.165) is 22.7 Å². The highest BCUT2D eigenvalue weighted by Crippen LogP contribution is 2.33. The quantitative estimate of drug-likeness (QED) is 0.537. The summed E-state index contributed by atoms with van der Waals surface area (Å²) in [6.45, 7) is 0. The second kappa shape index (κ2) is 5.90. The molecule has 4 nitrogen and oxygen atoms in total. The first-order valence-corrected chi connectivity index (χ1v) is 7.31. The van der Waals surface area contributed by atoms with Crippen molar-refractivity contribution < 1.29 is 31.1 Å². The molecule has 3 aromatic rings. The van der Waals surface area contributed by atoms with Crippen molar-refractivity contribution in [3.8, 4) is 16.9 Å². The fraction of sp³-hybridized carbons (Fsp3) is 0.143. The van der Waals surface area contributed by atoms with E-state index in [1.165, 1.54) is 18.3 Å². The third-order valence-corrected chi connectivity index (χ3v) is 3.65. The first kappa shape index (κ1) is 17.5. The lowest BCUT2D eigenvalue weighted by Crippen LogP contribution is -2.16. The molecular formula is C14H6BrF6N3O. The molecule has 25 heavy (non-hydrogen) atoms. The molecule has 2 heterocycles. The molecule has 0 bridgehead atoms. The van der Waals surface area contributed by atoms with Crippen LogP contribution >= 0.6 is 15.9 Å². The van der Waals surface area contributed by atoms with Gasteiger partial charge in [-0.05, 0) is 33.6 Å². The number of benzene rings is 1. The maximum atomic E-state index is 13.0. The normalized spacial score (nSPS) is 12.6. The van der Waals surface area contributed by atoms with Crippen LogP contribution in [0.4, 0.5) is 26.3 Å². The Morgan fingerprint density at radius 3 is 2.16 bits per heavy atom. The molecule has 0 N–H and O–H groups in total. The van der Waals surface area contributed by atoms with Gasteiger partial charge in [0, 0.05) is 18.0 Å². The second-order valence-corrected chi connectivity index (χ2v) is 5.58. The van der Waals surface area contributed by atoms with Crippen LogP contribution in [0.25, 0.3) is 16.8 Å². The van der Waals surface area contributed by atoms with Gasteiger partial charge in [-0.3, -0.25) is 4.40 Å². The van der Waals surface area contributed by atoms with Crippen LogP contribution in [-0.2, 0) is 6.18 Å². The Morgan fingerprint density at radius 1 is 0.960 bits per heavy atom. The van der Waals surface area contributed by atoms with E-state index < -0.39 is 24.1 Å². The monoisotopic (exact) mass is 425 g/mol. The predicted molar refractivity (Wildman–Crippen MR) is 77.8 cm³/mol. The molecule has 132 valence electrons. The summed E-state index contributed by atoms with van der Waals surface area (Å²) < 4.78 is 79.9. The zero-order valence-electron chi connectivity index (χ0n) is 11.9. The number of hydrogen-bond acceptors (Lipinski definition) is 3. The lowest BCUT2D eigenvalue weighted by molar-refractivity contribution is -0.274. The van der Waals surface area contributed by atoms with Gasteiger partial charge in [-0.1, -0.05) is 12.1 Å². The van der Waals surface area contributed by atoms with E-state index in [-0.39, 0.29) is 15.8 Å². The summed E-state index contributed by atoms with van der Waals surface area (Å²) in [7, 11) is 0.